The van der Waals surface area contributed by atoms with Crippen molar-refractivity contribution in [2.75, 3.05) is 11.5 Å². The minimum Gasteiger partial charge on any atom is -0.459 e. The lowest BCUT2D eigenvalue weighted by molar-refractivity contribution is 0.232. The van der Waals surface area contributed by atoms with Gasteiger partial charge < -0.3 is 15.1 Å². The Morgan fingerprint density at radius 1 is 1.33 bits per heavy atom. The third-order valence-electron chi connectivity index (χ3n) is 4.42. The molecule has 2 heterocycles. The van der Waals surface area contributed by atoms with Gasteiger partial charge in [-0.1, -0.05) is 18.2 Å². The van der Waals surface area contributed by atoms with Gasteiger partial charge in [-0.05, 0) is 32.8 Å². The van der Waals surface area contributed by atoms with Gasteiger partial charge in [0.05, 0.1) is 17.5 Å². The summed E-state index contributed by atoms with van der Waals surface area (Å²) in [5.41, 5.74) is 1.79. The van der Waals surface area contributed by atoms with Gasteiger partial charge in [-0.3, -0.25) is 0 Å². The molecule has 0 aliphatic carbocycles. The van der Waals surface area contributed by atoms with Crippen molar-refractivity contribution in [3.05, 3.63) is 35.6 Å². The lowest BCUT2D eigenvalue weighted by atomic mass is 10.1. The number of rotatable bonds is 3. The third kappa shape index (κ3) is 3.56. The van der Waals surface area contributed by atoms with Gasteiger partial charge in [0.1, 0.15) is 11.3 Å². The molecule has 24 heavy (non-hydrogen) atoms. The van der Waals surface area contributed by atoms with Gasteiger partial charge in [0.25, 0.3) is 0 Å². The number of amides is 2. The molecule has 1 aromatic carbocycles. The van der Waals surface area contributed by atoms with Crippen molar-refractivity contribution in [2.45, 2.75) is 38.8 Å². The Hall–Kier alpha value is -2.02. The zero-order valence-corrected chi connectivity index (χ0v) is 14.7. The number of benzene rings is 1. The molecule has 1 saturated heterocycles. The normalized spacial score (nSPS) is 21.3. The molecule has 1 aliphatic heterocycles. The van der Waals surface area contributed by atoms with Crippen LogP contribution in [0.15, 0.2) is 28.7 Å². The topological polar surface area (TPSA) is 88.4 Å². The summed E-state index contributed by atoms with van der Waals surface area (Å²) >= 11 is 0. The second kappa shape index (κ2) is 6.47. The van der Waals surface area contributed by atoms with Crippen molar-refractivity contribution in [1.29, 1.82) is 0 Å². The number of nitrogens with one attached hydrogen (secondary N) is 2. The predicted molar refractivity (Wildman–Crippen MR) is 92.7 cm³/mol. The van der Waals surface area contributed by atoms with Gasteiger partial charge in [0, 0.05) is 17.0 Å². The monoisotopic (exact) mass is 350 g/mol. The van der Waals surface area contributed by atoms with E-state index in [9.17, 15) is 13.2 Å². The molecule has 6 nitrogen and oxygen atoms in total. The number of furan rings is 1. The number of hydrogen-bond donors (Lipinski definition) is 2. The highest BCUT2D eigenvalue weighted by Gasteiger charge is 2.26. The summed E-state index contributed by atoms with van der Waals surface area (Å²) in [5.74, 6) is 0.933. The van der Waals surface area contributed by atoms with E-state index in [1.165, 1.54) is 0 Å². The SMILES string of the molecule is Cc1c([C@H](C)NC(=O)NC2CCCS(=O)(=O)C2)oc2ccccc12. The van der Waals surface area contributed by atoms with Crippen LogP contribution >= 0.6 is 0 Å². The van der Waals surface area contributed by atoms with Crippen molar-refractivity contribution in [3.8, 4) is 0 Å². The quantitative estimate of drug-likeness (QED) is 0.891. The molecular weight excluding hydrogens is 328 g/mol. The molecule has 3 rings (SSSR count). The van der Waals surface area contributed by atoms with Crippen LogP contribution in [0.25, 0.3) is 11.0 Å². The Kier molecular flexibility index (Phi) is 4.54. The molecular formula is C17H22N2O4S. The maximum atomic E-state index is 12.2. The molecule has 7 heteroatoms. The van der Waals surface area contributed by atoms with Crippen LogP contribution in [-0.4, -0.2) is 32.0 Å². The highest BCUT2D eigenvalue weighted by Crippen LogP contribution is 2.29. The summed E-state index contributed by atoms with van der Waals surface area (Å²) in [7, 11) is -3.04. The first-order valence-electron chi connectivity index (χ1n) is 8.11. The Morgan fingerprint density at radius 2 is 2.08 bits per heavy atom. The number of fused-ring (bicyclic) bond motifs is 1. The van der Waals surface area contributed by atoms with E-state index < -0.39 is 9.84 Å². The maximum Gasteiger partial charge on any atom is 0.315 e. The molecule has 2 atom stereocenters. The third-order valence-corrected chi connectivity index (χ3v) is 6.24. The maximum absolute atomic E-state index is 12.2. The van der Waals surface area contributed by atoms with Gasteiger partial charge in [0.2, 0.25) is 0 Å². The smallest absolute Gasteiger partial charge is 0.315 e. The van der Waals surface area contributed by atoms with Gasteiger partial charge in [-0.25, -0.2) is 13.2 Å². The number of para-hydroxylation sites is 1. The van der Waals surface area contributed by atoms with E-state index >= 15 is 0 Å². The van der Waals surface area contributed by atoms with Crippen LogP contribution in [0.1, 0.15) is 37.1 Å². The van der Waals surface area contributed by atoms with E-state index in [0.29, 0.717) is 18.6 Å². The molecule has 1 aromatic heterocycles. The Labute approximate surface area is 141 Å². The average Bonchev–Trinajstić information content (AvgIpc) is 2.84. The van der Waals surface area contributed by atoms with E-state index in [-0.39, 0.29) is 29.6 Å². The first kappa shape index (κ1) is 16.8. The molecule has 0 spiro atoms. The van der Waals surface area contributed by atoms with E-state index in [2.05, 4.69) is 10.6 Å². The van der Waals surface area contributed by atoms with Crippen LogP contribution in [0.2, 0.25) is 0 Å². The van der Waals surface area contributed by atoms with Crippen LogP contribution in [0.3, 0.4) is 0 Å². The fourth-order valence-electron chi connectivity index (χ4n) is 3.23. The number of aryl methyl sites for hydroxylation is 1. The van der Waals surface area contributed by atoms with Gasteiger partial charge in [0.15, 0.2) is 9.84 Å². The van der Waals surface area contributed by atoms with Gasteiger partial charge in [-0.2, -0.15) is 0 Å². The molecule has 1 unspecified atom stereocenters. The highest BCUT2D eigenvalue weighted by molar-refractivity contribution is 7.91. The molecule has 2 aromatic rings. The summed E-state index contributed by atoms with van der Waals surface area (Å²) < 4.78 is 29.1. The van der Waals surface area contributed by atoms with Gasteiger partial charge >= 0.3 is 6.03 Å². The standard InChI is InChI=1S/C17H22N2O4S/c1-11-14-7-3-4-8-15(14)23-16(11)12(2)18-17(20)19-13-6-5-9-24(21,22)10-13/h3-4,7-8,12-13H,5-6,9-10H2,1-2H3,(H2,18,19,20)/t12-,13?/m0/s1. The number of urea groups is 1. The zero-order chi connectivity index (χ0) is 17.3. The largest absolute Gasteiger partial charge is 0.459 e. The van der Waals surface area contributed by atoms with Crippen molar-refractivity contribution >= 4 is 26.8 Å². The summed E-state index contributed by atoms with van der Waals surface area (Å²) in [4.78, 5) is 12.2. The van der Waals surface area contributed by atoms with E-state index in [1.807, 2.05) is 38.1 Å². The molecule has 0 radical (unpaired) electrons. The fourth-order valence-corrected chi connectivity index (χ4v) is 4.87. The number of hydrogen-bond acceptors (Lipinski definition) is 4. The zero-order valence-electron chi connectivity index (χ0n) is 13.8. The molecule has 130 valence electrons. The van der Waals surface area contributed by atoms with Crippen LogP contribution in [0.5, 0.6) is 0 Å². The molecule has 1 aliphatic rings. The summed E-state index contributed by atoms with van der Waals surface area (Å²) in [5, 5.41) is 6.62. The molecule has 2 N–H and O–H groups in total. The summed E-state index contributed by atoms with van der Waals surface area (Å²) in [6, 6.07) is 6.73. The fraction of sp³-hybridized carbons (Fsp3) is 0.471. The summed E-state index contributed by atoms with van der Waals surface area (Å²) in [6.07, 6.45) is 1.27. The van der Waals surface area contributed by atoms with Crippen molar-refractivity contribution in [2.24, 2.45) is 0 Å². The molecule has 0 bridgehead atoms. The van der Waals surface area contributed by atoms with Crippen molar-refractivity contribution < 1.29 is 17.6 Å². The average molecular weight is 350 g/mol. The highest BCUT2D eigenvalue weighted by atomic mass is 32.2. The van der Waals surface area contributed by atoms with Crippen LogP contribution in [0.4, 0.5) is 4.79 Å². The first-order chi connectivity index (χ1) is 11.4. The van der Waals surface area contributed by atoms with Crippen LogP contribution in [-0.2, 0) is 9.84 Å². The van der Waals surface area contributed by atoms with Gasteiger partial charge in [-0.15, -0.1) is 0 Å². The Morgan fingerprint density at radius 3 is 2.79 bits per heavy atom. The lowest BCUT2D eigenvalue weighted by Gasteiger charge is -2.24. The number of sulfone groups is 1. The van der Waals surface area contributed by atoms with E-state index in [4.69, 9.17) is 4.42 Å². The Balaban J connectivity index is 1.66. The number of carbonyl (C=O) groups is 1. The van der Waals surface area contributed by atoms with E-state index in [1.54, 1.807) is 0 Å². The molecule has 1 fully saturated rings. The van der Waals surface area contributed by atoms with Crippen molar-refractivity contribution in [3.63, 3.8) is 0 Å². The summed E-state index contributed by atoms with van der Waals surface area (Å²) in [6.45, 7) is 3.81. The van der Waals surface area contributed by atoms with E-state index in [0.717, 1.165) is 16.5 Å². The van der Waals surface area contributed by atoms with Crippen LogP contribution in [0, 0.1) is 6.92 Å². The van der Waals surface area contributed by atoms with Crippen LogP contribution < -0.4 is 10.6 Å². The minimum absolute atomic E-state index is 0.0124. The predicted octanol–water partition coefficient (Wildman–Crippen LogP) is 2.68. The second-order valence-corrected chi connectivity index (χ2v) is 8.61. The first-order valence-corrected chi connectivity index (χ1v) is 9.93. The Bertz CT molecular complexity index is 857. The molecule has 0 saturated carbocycles. The minimum atomic E-state index is -3.04. The van der Waals surface area contributed by atoms with Crippen molar-refractivity contribution in [1.82, 2.24) is 10.6 Å². The number of carbonyl (C=O) groups excluding carboxylic acids is 1. The lowest BCUT2D eigenvalue weighted by Crippen LogP contribution is -2.47. The second-order valence-electron chi connectivity index (χ2n) is 6.38. The molecule has 2 amide bonds.